The van der Waals surface area contributed by atoms with E-state index in [1.165, 1.54) is 0 Å². The molecule has 0 unspecified atom stereocenters. The molecule has 0 aromatic rings. The van der Waals surface area contributed by atoms with E-state index < -0.39 is 26.0 Å². The Morgan fingerprint density at radius 3 is 0.829 bits per heavy atom. The normalized spacial score (nSPS) is 14.4. The van der Waals surface area contributed by atoms with E-state index in [-0.39, 0.29) is 0 Å². The second-order valence-electron chi connectivity index (χ2n) is 11.6. The molecule has 0 aliphatic rings. The van der Waals surface area contributed by atoms with Crippen LogP contribution in [0.3, 0.4) is 0 Å². The standard InChI is InChI=1S/C28H60O5P2/c1-9-15-21-34(7,22-16-10-2,23-17-11-3)32-27(29)31-28(30)33-35(8,24-18-12-4,25-19-13-5)26-20-14-6/h9-26H2,1-8H3. The third-order valence-corrected chi connectivity index (χ3v) is 18.7. The Morgan fingerprint density at radius 2 is 0.657 bits per heavy atom. The minimum atomic E-state index is -2.80. The van der Waals surface area contributed by atoms with Crippen molar-refractivity contribution in [3.8, 4) is 0 Å². The summed E-state index contributed by atoms with van der Waals surface area (Å²) in [6.45, 7) is 11.8. The van der Waals surface area contributed by atoms with Crippen molar-refractivity contribution in [2.24, 2.45) is 0 Å². The van der Waals surface area contributed by atoms with Gasteiger partial charge in [-0.25, -0.2) is 0 Å². The van der Waals surface area contributed by atoms with Crippen LogP contribution in [0.5, 0.6) is 0 Å². The average Bonchev–Trinajstić information content (AvgIpc) is 2.82. The van der Waals surface area contributed by atoms with Crippen molar-refractivity contribution < 1.29 is 23.4 Å². The molecule has 0 aromatic heterocycles. The van der Waals surface area contributed by atoms with Crippen LogP contribution in [-0.4, -0.2) is 62.6 Å². The minimum absolute atomic E-state index is 0.843. The molecule has 0 bridgehead atoms. The van der Waals surface area contributed by atoms with Crippen LogP contribution in [0.4, 0.5) is 9.59 Å². The van der Waals surface area contributed by atoms with Gasteiger partial charge < -0.3 is 0 Å². The molecule has 0 spiro atoms. The molecule has 0 saturated heterocycles. The van der Waals surface area contributed by atoms with Crippen LogP contribution in [0.1, 0.15) is 119 Å². The molecule has 0 atom stereocenters. The summed E-state index contributed by atoms with van der Waals surface area (Å²) in [6.07, 6.45) is 16.2. The topological polar surface area (TPSA) is 61.8 Å². The van der Waals surface area contributed by atoms with Crippen molar-refractivity contribution in [3.63, 3.8) is 0 Å². The predicted molar refractivity (Wildman–Crippen MR) is 158 cm³/mol. The number of carbonyl (C=O) groups is 2. The van der Waals surface area contributed by atoms with E-state index in [1.54, 1.807) is 0 Å². The summed E-state index contributed by atoms with van der Waals surface area (Å²) >= 11 is 0. The molecule has 5 nitrogen and oxygen atoms in total. The van der Waals surface area contributed by atoms with Gasteiger partial charge in [0.25, 0.3) is 0 Å². The van der Waals surface area contributed by atoms with Gasteiger partial charge >= 0.3 is 218 Å². The molecule has 7 heteroatoms. The quantitative estimate of drug-likeness (QED) is 0.0876. The Hall–Kier alpha value is -0.400. The van der Waals surface area contributed by atoms with Gasteiger partial charge in [0.1, 0.15) is 0 Å². The van der Waals surface area contributed by atoms with E-state index in [9.17, 15) is 9.59 Å². The van der Waals surface area contributed by atoms with E-state index in [0.29, 0.717) is 0 Å². The van der Waals surface area contributed by atoms with Gasteiger partial charge in [-0.1, -0.05) is 0 Å². The summed E-state index contributed by atoms with van der Waals surface area (Å²) in [5.41, 5.74) is 0. The number of hydrogen-bond donors (Lipinski definition) is 0. The number of hydrogen-bond acceptors (Lipinski definition) is 5. The van der Waals surface area contributed by atoms with E-state index in [4.69, 9.17) is 13.8 Å². The Morgan fingerprint density at radius 1 is 0.457 bits per heavy atom. The maximum atomic E-state index is 13.1. The Labute approximate surface area is 218 Å². The summed E-state index contributed by atoms with van der Waals surface area (Å²) < 4.78 is 17.9. The van der Waals surface area contributed by atoms with Crippen LogP contribution < -0.4 is 0 Å². The van der Waals surface area contributed by atoms with E-state index >= 15 is 0 Å². The molecule has 0 fully saturated rings. The average molecular weight is 539 g/mol. The molecule has 0 aliphatic carbocycles. The number of unbranched alkanes of at least 4 members (excludes halogenated alkanes) is 6. The number of carbonyl (C=O) groups excluding carboxylic acids is 2. The van der Waals surface area contributed by atoms with Gasteiger partial charge in [-0.2, -0.15) is 0 Å². The van der Waals surface area contributed by atoms with Crippen molar-refractivity contribution in [3.05, 3.63) is 0 Å². The van der Waals surface area contributed by atoms with Crippen molar-refractivity contribution in [2.75, 3.05) is 50.3 Å². The number of ether oxygens (including phenoxy) is 1. The summed E-state index contributed by atoms with van der Waals surface area (Å²) in [4.78, 5) is 26.2. The fourth-order valence-electron chi connectivity index (χ4n) is 5.14. The zero-order valence-electron chi connectivity index (χ0n) is 24.7. The molecular formula is C28H60O5P2. The zero-order chi connectivity index (χ0) is 26.9. The molecule has 212 valence electrons. The third-order valence-electron chi connectivity index (χ3n) is 7.74. The van der Waals surface area contributed by atoms with E-state index in [2.05, 4.69) is 54.9 Å². The van der Waals surface area contributed by atoms with Crippen LogP contribution in [0, 0.1) is 0 Å². The molecule has 0 aliphatic heterocycles. The molecular weight excluding hydrogens is 478 g/mol. The second kappa shape index (κ2) is 16.4. The first kappa shape index (κ1) is 34.6. The first-order chi connectivity index (χ1) is 16.5. The van der Waals surface area contributed by atoms with Crippen LogP contribution in [-0.2, 0) is 13.8 Å². The first-order valence-electron chi connectivity index (χ1n) is 14.6. The first-order valence-corrected chi connectivity index (χ1v) is 20.9. The summed E-state index contributed by atoms with van der Waals surface area (Å²) in [5.74, 6) is 0. The van der Waals surface area contributed by atoms with Gasteiger partial charge in [0, 0.05) is 0 Å². The van der Waals surface area contributed by atoms with Crippen molar-refractivity contribution >= 4 is 26.0 Å². The molecule has 0 N–H and O–H groups in total. The summed E-state index contributed by atoms with van der Waals surface area (Å²) in [7, 11) is 0. The fourth-order valence-corrected chi connectivity index (χ4v) is 15.3. The molecule has 0 aromatic carbocycles. The van der Waals surface area contributed by atoms with Crippen LogP contribution in [0.15, 0.2) is 0 Å². The van der Waals surface area contributed by atoms with Gasteiger partial charge in [-0.05, 0) is 0 Å². The van der Waals surface area contributed by atoms with E-state index in [1.807, 2.05) is 0 Å². The third kappa shape index (κ3) is 12.6. The van der Waals surface area contributed by atoms with Gasteiger partial charge in [0.05, 0.1) is 0 Å². The summed E-state index contributed by atoms with van der Waals surface area (Å²) in [5, 5.41) is 0. The van der Waals surface area contributed by atoms with Gasteiger partial charge in [0.15, 0.2) is 0 Å². The van der Waals surface area contributed by atoms with Crippen molar-refractivity contribution in [1.29, 1.82) is 0 Å². The van der Waals surface area contributed by atoms with Crippen molar-refractivity contribution in [2.45, 2.75) is 119 Å². The van der Waals surface area contributed by atoms with Gasteiger partial charge in [0.2, 0.25) is 0 Å². The molecule has 0 heterocycles. The Kier molecular flexibility index (Phi) is 16.3. The monoisotopic (exact) mass is 538 g/mol. The molecule has 0 rings (SSSR count). The SMILES string of the molecule is CCCCP(C)(CCCC)(CCCC)OC(=O)OC(=O)OP(C)(CCCC)(CCCC)CCCC. The van der Waals surface area contributed by atoms with Crippen LogP contribution in [0.2, 0.25) is 0 Å². The van der Waals surface area contributed by atoms with Gasteiger partial charge in [-0.15, -0.1) is 0 Å². The Balaban J connectivity index is 5.77. The van der Waals surface area contributed by atoms with Crippen LogP contribution >= 0.6 is 13.7 Å². The van der Waals surface area contributed by atoms with Crippen molar-refractivity contribution in [1.82, 2.24) is 0 Å². The molecule has 0 amide bonds. The van der Waals surface area contributed by atoms with E-state index in [0.717, 1.165) is 114 Å². The number of rotatable bonds is 20. The molecule has 0 radical (unpaired) electrons. The molecule has 0 saturated carbocycles. The predicted octanol–water partition coefficient (Wildman–Crippen LogP) is 10.3. The maximum absolute atomic E-state index is 13.1. The fraction of sp³-hybridized carbons (Fsp3) is 0.929. The van der Waals surface area contributed by atoms with Gasteiger partial charge in [-0.3, -0.25) is 0 Å². The molecule has 35 heavy (non-hydrogen) atoms. The Bertz CT molecular complexity index is 521. The second-order valence-corrected chi connectivity index (χ2v) is 23.4. The zero-order valence-corrected chi connectivity index (χ0v) is 26.5. The summed E-state index contributed by atoms with van der Waals surface area (Å²) in [6, 6.07) is 0. The van der Waals surface area contributed by atoms with Crippen LogP contribution in [0.25, 0.3) is 0 Å².